The molecule has 42 heavy (non-hydrogen) atoms. The fraction of sp³-hybridized carbons (Fsp3) is 0.267. The number of aromatic amines is 1. The van der Waals surface area contributed by atoms with Crippen molar-refractivity contribution in [3.8, 4) is 22.9 Å². The van der Waals surface area contributed by atoms with Crippen molar-refractivity contribution in [2.45, 2.75) is 25.4 Å². The van der Waals surface area contributed by atoms with Crippen LogP contribution >= 0.6 is 11.6 Å². The van der Waals surface area contributed by atoms with Gasteiger partial charge < -0.3 is 29.6 Å². The predicted molar refractivity (Wildman–Crippen MR) is 160 cm³/mol. The summed E-state index contributed by atoms with van der Waals surface area (Å²) in [6.45, 7) is 2.73. The van der Waals surface area contributed by atoms with Crippen LogP contribution in [-0.4, -0.2) is 63.8 Å². The Morgan fingerprint density at radius 3 is 2.57 bits per heavy atom. The van der Waals surface area contributed by atoms with Crippen LogP contribution in [0.1, 0.15) is 18.4 Å². The summed E-state index contributed by atoms with van der Waals surface area (Å²) in [6, 6.07) is 17.4. The number of likely N-dealkylation sites (tertiary alicyclic amines) is 1. The van der Waals surface area contributed by atoms with Gasteiger partial charge in [0, 0.05) is 37.3 Å². The van der Waals surface area contributed by atoms with E-state index in [2.05, 4.69) is 42.8 Å². The van der Waals surface area contributed by atoms with E-state index in [9.17, 15) is 4.79 Å². The molecule has 5 aromatic rings. The first-order valence-electron chi connectivity index (χ1n) is 13.6. The summed E-state index contributed by atoms with van der Waals surface area (Å²) in [5, 5.41) is 10.4. The average molecular weight is 588 g/mol. The van der Waals surface area contributed by atoms with E-state index < -0.39 is 0 Å². The number of ether oxygens (including phenoxy) is 2. The van der Waals surface area contributed by atoms with Crippen molar-refractivity contribution in [3.63, 3.8) is 0 Å². The molecule has 0 radical (unpaired) electrons. The number of benzene rings is 2. The van der Waals surface area contributed by atoms with Gasteiger partial charge in [-0.05, 0) is 54.8 Å². The zero-order valence-corrected chi connectivity index (χ0v) is 23.7. The van der Waals surface area contributed by atoms with Crippen molar-refractivity contribution >= 4 is 40.2 Å². The maximum Gasteiger partial charge on any atom is 0.263 e. The minimum Gasteiger partial charge on any atom is -0.497 e. The Balaban J connectivity index is 1.07. The summed E-state index contributed by atoms with van der Waals surface area (Å²) in [5.74, 6) is 2.08. The highest BCUT2D eigenvalue weighted by Gasteiger charge is 2.22. The average Bonchev–Trinajstić information content (AvgIpc) is 3.69. The number of halogens is 1. The number of piperidine rings is 1. The molecule has 2 aromatic carbocycles. The number of methoxy groups -OCH3 is 1. The molecule has 0 saturated carbocycles. The SMILES string of the molecule is COc1ccc(CN2CCC(Nc3c(Cl)cnc4[nH]c(-c5ccc(OCC(=O)Nc6ccon6)cc5)nc34)CC2)cc1. The molecule has 216 valence electrons. The first-order valence-corrected chi connectivity index (χ1v) is 14.0. The number of pyridine rings is 1. The minimum absolute atomic E-state index is 0.158. The van der Waals surface area contributed by atoms with E-state index >= 15 is 0 Å². The Labute approximate surface area is 247 Å². The molecule has 0 atom stereocenters. The van der Waals surface area contributed by atoms with Gasteiger partial charge in [0.15, 0.2) is 18.1 Å². The van der Waals surface area contributed by atoms with E-state index in [1.807, 2.05) is 24.3 Å². The number of imidazole rings is 1. The molecule has 3 aromatic heterocycles. The molecule has 0 bridgehead atoms. The quantitative estimate of drug-likeness (QED) is 0.197. The number of nitrogens with zero attached hydrogens (tertiary/aromatic N) is 4. The molecule has 6 rings (SSSR count). The Morgan fingerprint density at radius 1 is 1.10 bits per heavy atom. The third-order valence-electron chi connectivity index (χ3n) is 7.17. The second kappa shape index (κ2) is 12.5. The van der Waals surface area contributed by atoms with Crippen LogP contribution in [0.3, 0.4) is 0 Å². The van der Waals surface area contributed by atoms with Crippen LogP contribution in [0, 0.1) is 0 Å². The van der Waals surface area contributed by atoms with Crippen molar-refractivity contribution in [2.24, 2.45) is 0 Å². The topological polar surface area (TPSA) is 130 Å². The van der Waals surface area contributed by atoms with E-state index in [0.717, 1.165) is 49.5 Å². The smallest absolute Gasteiger partial charge is 0.263 e. The standard InChI is InChI=1S/C30H30ClN7O4/c1-40-22-6-2-19(3-7-22)17-38-13-10-21(11-14-38)33-27-24(31)16-32-30-28(27)35-29(36-30)20-4-8-23(9-5-20)41-18-26(39)34-25-12-15-42-37-25/h2-9,12,15-16,21H,10-11,13-14,17-18H2,1H3,(H,34,37,39)(H2,32,33,35,36). The van der Waals surface area contributed by atoms with Crippen molar-refractivity contribution < 1.29 is 18.8 Å². The maximum absolute atomic E-state index is 12.0. The molecular weight excluding hydrogens is 558 g/mol. The van der Waals surface area contributed by atoms with Crippen molar-refractivity contribution in [3.05, 3.63) is 77.6 Å². The number of carbonyl (C=O) groups is 1. The van der Waals surface area contributed by atoms with Gasteiger partial charge in [0.2, 0.25) is 0 Å². The van der Waals surface area contributed by atoms with Gasteiger partial charge in [0.05, 0.1) is 24.0 Å². The minimum atomic E-state index is -0.337. The van der Waals surface area contributed by atoms with Crippen LogP contribution in [0.25, 0.3) is 22.6 Å². The van der Waals surface area contributed by atoms with E-state index in [4.69, 9.17) is 30.6 Å². The summed E-state index contributed by atoms with van der Waals surface area (Å²) in [4.78, 5) is 27.1. The number of carbonyl (C=O) groups excluding carboxylic acids is 1. The van der Waals surface area contributed by atoms with E-state index in [0.29, 0.717) is 33.6 Å². The van der Waals surface area contributed by atoms with Gasteiger partial charge in [-0.3, -0.25) is 9.69 Å². The van der Waals surface area contributed by atoms with Crippen LogP contribution < -0.4 is 20.1 Å². The molecule has 1 fully saturated rings. The molecule has 0 aliphatic carbocycles. The second-order valence-electron chi connectivity index (χ2n) is 10.1. The number of rotatable bonds is 10. The van der Waals surface area contributed by atoms with Gasteiger partial charge in [-0.1, -0.05) is 28.9 Å². The first kappa shape index (κ1) is 27.6. The number of anilines is 2. The zero-order chi connectivity index (χ0) is 28.9. The molecule has 11 nitrogen and oxygen atoms in total. The fourth-order valence-corrected chi connectivity index (χ4v) is 5.14. The number of H-pyrrole nitrogens is 1. The summed E-state index contributed by atoms with van der Waals surface area (Å²) in [5.41, 5.74) is 4.26. The normalized spacial score (nSPS) is 14.1. The molecule has 4 heterocycles. The lowest BCUT2D eigenvalue weighted by Crippen LogP contribution is -2.38. The van der Waals surface area contributed by atoms with Crippen molar-refractivity contribution in [1.29, 1.82) is 0 Å². The molecular formula is C30H30ClN7O4. The lowest BCUT2D eigenvalue weighted by molar-refractivity contribution is -0.118. The van der Waals surface area contributed by atoms with Gasteiger partial charge >= 0.3 is 0 Å². The highest BCUT2D eigenvalue weighted by molar-refractivity contribution is 6.34. The van der Waals surface area contributed by atoms with Gasteiger partial charge in [0.25, 0.3) is 5.91 Å². The van der Waals surface area contributed by atoms with Gasteiger partial charge in [0.1, 0.15) is 29.1 Å². The van der Waals surface area contributed by atoms with Gasteiger partial charge in [-0.15, -0.1) is 0 Å². The number of amides is 1. The summed E-state index contributed by atoms with van der Waals surface area (Å²) in [7, 11) is 1.68. The largest absolute Gasteiger partial charge is 0.497 e. The van der Waals surface area contributed by atoms with E-state index in [-0.39, 0.29) is 18.6 Å². The maximum atomic E-state index is 12.0. The molecule has 1 aliphatic heterocycles. The monoisotopic (exact) mass is 587 g/mol. The molecule has 1 amide bonds. The second-order valence-corrected chi connectivity index (χ2v) is 10.5. The van der Waals surface area contributed by atoms with E-state index in [1.165, 1.54) is 11.8 Å². The van der Waals surface area contributed by atoms with Crippen LogP contribution in [0.5, 0.6) is 11.5 Å². The fourth-order valence-electron chi connectivity index (χ4n) is 4.95. The van der Waals surface area contributed by atoms with Crippen LogP contribution in [0.2, 0.25) is 5.02 Å². The van der Waals surface area contributed by atoms with Gasteiger partial charge in [-0.25, -0.2) is 9.97 Å². The first-order chi connectivity index (χ1) is 20.5. The number of fused-ring (bicyclic) bond motifs is 1. The van der Waals surface area contributed by atoms with E-state index in [1.54, 1.807) is 31.5 Å². The lowest BCUT2D eigenvalue weighted by Gasteiger charge is -2.33. The molecule has 3 N–H and O–H groups in total. The van der Waals surface area contributed by atoms with Gasteiger partial charge in [-0.2, -0.15) is 0 Å². The van der Waals surface area contributed by atoms with Crippen LogP contribution in [0.4, 0.5) is 11.5 Å². The highest BCUT2D eigenvalue weighted by Crippen LogP contribution is 2.32. The summed E-state index contributed by atoms with van der Waals surface area (Å²) in [6.07, 6.45) is 5.01. The predicted octanol–water partition coefficient (Wildman–Crippen LogP) is 5.37. The van der Waals surface area contributed by atoms with Crippen LogP contribution in [-0.2, 0) is 11.3 Å². The summed E-state index contributed by atoms with van der Waals surface area (Å²) < 4.78 is 15.6. The molecule has 0 spiro atoms. The molecule has 0 unspecified atom stereocenters. The van der Waals surface area contributed by atoms with Crippen LogP contribution in [0.15, 0.2) is 71.6 Å². The number of hydrogen-bond donors (Lipinski definition) is 3. The Morgan fingerprint density at radius 2 is 1.86 bits per heavy atom. The number of aromatic nitrogens is 4. The summed E-state index contributed by atoms with van der Waals surface area (Å²) >= 11 is 6.61. The zero-order valence-electron chi connectivity index (χ0n) is 23.0. The van der Waals surface area contributed by atoms with Crippen molar-refractivity contribution in [1.82, 2.24) is 25.0 Å². The van der Waals surface area contributed by atoms with Crippen molar-refractivity contribution in [2.75, 3.05) is 37.4 Å². The third-order valence-corrected chi connectivity index (χ3v) is 7.46. The molecule has 1 aliphatic rings. The Hall–Kier alpha value is -4.61. The molecule has 12 heteroatoms. The Bertz CT molecular complexity index is 1630. The lowest BCUT2D eigenvalue weighted by atomic mass is 10.0. The Kier molecular flexibility index (Phi) is 8.20. The highest BCUT2D eigenvalue weighted by atomic mass is 35.5. The third kappa shape index (κ3) is 6.48. The molecule has 1 saturated heterocycles. The number of hydrogen-bond acceptors (Lipinski definition) is 9. The number of nitrogens with one attached hydrogen (secondary N) is 3.